The number of hydrogen-bond acceptors (Lipinski definition) is 4. The van der Waals surface area contributed by atoms with Crippen LogP contribution >= 0.6 is 12.4 Å². The summed E-state index contributed by atoms with van der Waals surface area (Å²) in [5.41, 5.74) is 1.07. The Kier molecular flexibility index (Phi) is 6.69. The zero-order valence-corrected chi connectivity index (χ0v) is 14.3. The molecule has 2 aliphatic heterocycles. The van der Waals surface area contributed by atoms with Crippen LogP contribution in [-0.4, -0.2) is 50.8 Å². The van der Waals surface area contributed by atoms with Crippen molar-refractivity contribution in [2.45, 2.75) is 18.9 Å². The molecule has 2 heterocycles. The Balaban J connectivity index is 0.00000192. The predicted octanol–water partition coefficient (Wildman–Crippen LogP) is 2.02. The average molecular weight is 341 g/mol. The first-order valence-electron chi connectivity index (χ1n) is 8.03. The van der Waals surface area contributed by atoms with Crippen LogP contribution in [0.4, 0.5) is 0 Å². The summed E-state index contributed by atoms with van der Waals surface area (Å²) in [5, 5.41) is 3.39. The number of ether oxygens (including phenoxy) is 2. The first-order valence-corrected chi connectivity index (χ1v) is 8.03. The van der Waals surface area contributed by atoms with Crippen molar-refractivity contribution in [3.63, 3.8) is 0 Å². The molecule has 2 aliphatic rings. The van der Waals surface area contributed by atoms with Crippen molar-refractivity contribution in [2.75, 3.05) is 40.0 Å². The molecular weight excluding hydrogens is 316 g/mol. The van der Waals surface area contributed by atoms with Gasteiger partial charge in [0.1, 0.15) is 5.75 Å². The molecule has 0 aliphatic carbocycles. The van der Waals surface area contributed by atoms with Gasteiger partial charge in [-0.3, -0.25) is 4.79 Å². The van der Waals surface area contributed by atoms with E-state index in [-0.39, 0.29) is 30.3 Å². The Hall–Kier alpha value is -1.30. The maximum atomic E-state index is 12.9. The third kappa shape index (κ3) is 3.97. The van der Waals surface area contributed by atoms with Crippen LogP contribution in [0.15, 0.2) is 24.3 Å². The maximum Gasteiger partial charge on any atom is 0.228 e. The fourth-order valence-corrected chi connectivity index (χ4v) is 3.36. The van der Waals surface area contributed by atoms with Gasteiger partial charge in [-0.25, -0.2) is 0 Å². The van der Waals surface area contributed by atoms with E-state index in [1.165, 1.54) is 0 Å². The molecule has 6 heteroatoms. The second kappa shape index (κ2) is 8.52. The minimum absolute atomic E-state index is 0. The molecule has 0 aromatic heterocycles. The van der Waals surface area contributed by atoms with Crippen molar-refractivity contribution >= 4 is 18.3 Å². The van der Waals surface area contributed by atoms with Gasteiger partial charge in [0.25, 0.3) is 0 Å². The minimum Gasteiger partial charge on any atom is -0.496 e. The summed E-state index contributed by atoms with van der Waals surface area (Å²) in [6, 6.07) is 7.99. The van der Waals surface area contributed by atoms with Gasteiger partial charge >= 0.3 is 0 Å². The molecule has 3 rings (SSSR count). The summed E-state index contributed by atoms with van der Waals surface area (Å²) in [6.07, 6.45) is 1.91. The Morgan fingerprint density at radius 1 is 1.39 bits per heavy atom. The molecule has 1 N–H and O–H groups in total. The number of piperazine rings is 1. The van der Waals surface area contributed by atoms with E-state index in [4.69, 9.17) is 9.47 Å². The molecule has 1 amide bonds. The molecule has 0 radical (unpaired) electrons. The van der Waals surface area contributed by atoms with Crippen LogP contribution in [0.5, 0.6) is 5.75 Å². The molecular formula is C17H25ClN2O3. The molecule has 23 heavy (non-hydrogen) atoms. The Morgan fingerprint density at radius 3 is 2.96 bits per heavy atom. The van der Waals surface area contributed by atoms with Crippen LogP contribution in [-0.2, 0) is 9.53 Å². The second-order valence-electron chi connectivity index (χ2n) is 5.91. The Bertz CT molecular complexity index is 520. The zero-order chi connectivity index (χ0) is 15.4. The number of methoxy groups -OCH3 is 1. The van der Waals surface area contributed by atoms with E-state index in [1.54, 1.807) is 7.11 Å². The van der Waals surface area contributed by atoms with Crippen LogP contribution in [0.3, 0.4) is 0 Å². The van der Waals surface area contributed by atoms with E-state index in [0.29, 0.717) is 6.61 Å². The van der Waals surface area contributed by atoms with Crippen molar-refractivity contribution in [1.82, 2.24) is 10.2 Å². The highest BCUT2D eigenvalue weighted by Crippen LogP contribution is 2.32. The van der Waals surface area contributed by atoms with Crippen molar-refractivity contribution in [2.24, 2.45) is 5.92 Å². The molecule has 2 fully saturated rings. The lowest BCUT2D eigenvalue weighted by molar-refractivity contribution is -0.143. The number of hydrogen-bond donors (Lipinski definition) is 1. The normalized spacial score (nSPS) is 24.7. The molecule has 0 saturated carbocycles. The Labute approximate surface area is 143 Å². The zero-order valence-electron chi connectivity index (χ0n) is 13.5. The summed E-state index contributed by atoms with van der Waals surface area (Å²) in [7, 11) is 1.68. The van der Waals surface area contributed by atoms with Crippen LogP contribution in [0, 0.1) is 5.92 Å². The van der Waals surface area contributed by atoms with Gasteiger partial charge in [0.05, 0.1) is 25.7 Å². The fraction of sp³-hybridized carbons (Fsp3) is 0.588. The number of nitrogens with zero attached hydrogens (tertiary/aromatic N) is 1. The van der Waals surface area contributed by atoms with E-state index in [1.807, 2.05) is 29.2 Å². The number of carbonyl (C=O) groups is 1. The quantitative estimate of drug-likeness (QED) is 0.914. The average Bonchev–Trinajstić information content (AvgIpc) is 2.62. The molecule has 2 atom stereocenters. The van der Waals surface area contributed by atoms with Gasteiger partial charge in [0.15, 0.2) is 0 Å². The summed E-state index contributed by atoms with van der Waals surface area (Å²) in [5.74, 6) is 1.06. The molecule has 2 unspecified atom stereocenters. The fourth-order valence-electron chi connectivity index (χ4n) is 3.36. The third-order valence-corrected chi connectivity index (χ3v) is 4.53. The van der Waals surface area contributed by atoms with Crippen LogP contribution in [0.2, 0.25) is 0 Å². The number of halogens is 1. The third-order valence-electron chi connectivity index (χ3n) is 4.53. The maximum absolute atomic E-state index is 12.9. The van der Waals surface area contributed by atoms with Crippen LogP contribution in [0.1, 0.15) is 24.4 Å². The number of para-hydroxylation sites is 1. The van der Waals surface area contributed by atoms with Crippen LogP contribution < -0.4 is 10.1 Å². The number of benzene rings is 1. The van der Waals surface area contributed by atoms with E-state index < -0.39 is 0 Å². The highest BCUT2D eigenvalue weighted by Gasteiger charge is 2.34. The molecule has 2 saturated heterocycles. The van der Waals surface area contributed by atoms with Gasteiger partial charge in [-0.2, -0.15) is 0 Å². The minimum atomic E-state index is 0. The van der Waals surface area contributed by atoms with Crippen molar-refractivity contribution in [3.8, 4) is 5.75 Å². The predicted molar refractivity (Wildman–Crippen MR) is 91.1 cm³/mol. The molecule has 1 aromatic carbocycles. The molecule has 0 bridgehead atoms. The first kappa shape index (κ1) is 18.0. The van der Waals surface area contributed by atoms with Crippen molar-refractivity contribution in [1.29, 1.82) is 0 Å². The van der Waals surface area contributed by atoms with Gasteiger partial charge in [-0.05, 0) is 18.9 Å². The van der Waals surface area contributed by atoms with E-state index in [0.717, 1.165) is 50.4 Å². The molecule has 1 aromatic rings. The number of amides is 1. The highest BCUT2D eigenvalue weighted by molar-refractivity contribution is 5.85. The molecule has 128 valence electrons. The van der Waals surface area contributed by atoms with Gasteiger partial charge in [0.2, 0.25) is 5.91 Å². The topological polar surface area (TPSA) is 50.8 Å². The number of rotatable bonds is 3. The van der Waals surface area contributed by atoms with Crippen molar-refractivity contribution in [3.05, 3.63) is 29.8 Å². The smallest absolute Gasteiger partial charge is 0.228 e. The van der Waals surface area contributed by atoms with Gasteiger partial charge in [-0.15, -0.1) is 12.4 Å². The Morgan fingerprint density at radius 2 is 2.22 bits per heavy atom. The molecule has 0 spiro atoms. The number of nitrogens with one attached hydrogen (secondary N) is 1. The monoisotopic (exact) mass is 340 g/mol. The van der Waals surface area contributed by atoms with Crippen LogP contribution in [0.25, 0.3) is 0 Å². The van der Waals surface area contributed by atoms with E-state index in [2.05, 4.69) is 5.32 Å². The summed E-state index contributed by atoms with van der Waals surface area (Å²) >= 11 is 0. The lowest BCUT2D eigenvalue weighted by Crippen LogP contribution is -2.51. The summed E-state index contributed by atoms with van der Waals surface area (Å²) in [6.45, 7) is 3.67. The van der Waals surface area contributed by atoms with Gasteiger partial charge in [0, 0.05) is 31.8 Å². The molecule has 5 nitrogen and oxygen atoms in total. The number of carbonyl (C=O) groups excluding carboxylic acids is 1. The van der Waals surface area contributed by atoms with Gasteiger partial charge < -0.3 is 19.7 Å². The van der Waals surface area contributed by atoms with Gasteiger partial charge in [-0.1, -0.05) is 18.2 Å². The highest BCUT2D eigenvalue weighted by atomic mass is 35.5. The lowest BCUT2D eigenvalue weighted by Gasteiger charge is -2.39. The van der Waals surface area contributed by atoms with Crippen molar-refractivity contribution < 1.29 is 14.3 Å². The summed E-state index contributed by atoms with van der Waals surface area (Å²) < 4.78 is 11.0. The van der Waals surface area contributed by atoms with E-state index in [9.17, 15) is 4.79 Å². The largest absolute Gasteiger partial charge is 0.496 e. The SMILES string of the molecule is COc1ccccc1C1CNCCN1C(=O)C1CCCOC1.Cl. The second-order valence-corrected chi connectivity index (χ2v) is 5.91. The standard InChI is InChI=1S/C17H24N2O3.ClH/c1-21-16-7-3-2-6-14(16)15-11-18-8-9-19(15)17(20)13-5-4-10-22-12-13;/h2-3,6-7,13,15,18H,4-5,8-12H2,1H3;1H. The lowest BCUT2D eigenvalue weighted by atomic mass is 9.96. The van der Waals surface area contributed by atoms with E-state index >= 15 is 0 Å². The first-order chi connectivity index (χ1) is 10.8. The summed E-state index contributed by atoms with van der Waals surface area (Å²) in [4.78, 5) is 14.9.